The minimum atomic E-state index is -1.40. The van der Waals surface area contributed by atoms with Crippen molar-refractivity contribution in [1.29, 1.82) is 0 Å². The molecule has 0 aliphatic carbocycles. The van der Waals surface area contributed by atoms with E-state index in [0.717, 1.165) is 0 Å². The molecule has 10 heteroatoms. The number of ether oxygens (including phenoxy) is 3. The van der Waals surface area contributed by atoms with Gasteiger partial charge in [-0.3, -0.25) is 9.69 Å². The number of halogens is 2. The molecule has 3 aliphatic heterocycles. The summed E-state index contributed by atoms with van der Waals surface area (Å²) < 4.78 is 46.1. The van der Waals surface area contributed by atoms with E-state index in [0.29, 0.717) is 25.3 Å². The van der Waals surface area contributed by atoms with Gasteiger partial charge in [0.25, 0.3) is 0 Å². The molecule has 0 bridgehead atoms. The fourth-order valence-electron chi connectivity index (χ4n) is 4.07. The Balaban J connectivity index is 1.43. The molecule has 1 aromatic carbocycles. The van der Waals surface area contributed by atoms with Crippen LogP contribution in [0.25, 0.3) is 0 Å². The molecule has 1 spiro atoms. The van der Waals surface area contributed by atoms with Gasteiger partial charge in [-0.1, -0.05) is 0 Å². The summed E-state index contributed by atoms with van der Waals surface area (Å²) in [6.07, 6.45) is -2.39. The van der Waals surface area contributed by atoms with Crippen molar-refractivity contribution in [3.63, 3.8) is 0 Å². The zero-order valence-electron chi connectivity index (χ0n) is 16.9. The predicted molar refractivity (Wildman–Crippen MR) is 104 cm³/mol. The van der Waals surface area contributed by atoms with E-state index >= 15 is 0 Å². The summed E-state index contributed by atoms with van der Waals surface area (Å²) >= 11 is 0. The molecule has 30 heavy (non-hydrogen) atoms. The summed E-state index contributed by atoms with van der Waals surface area (Å²) in [4.78, 5) is 26.1. The summed E-state index contributed by atoms with van der Waals surface area (Å²) in [5.41, 5.74) is 0.595. The maximum Gasteiger partial charge on any atom is 0.414 e. The number of benzene rings is 1. The Kier molecular flexibility index (Phi) is 5.54. The van der Waals surface area contributed by atoms with Crippen molar-refractivity contribution in [2.24, 2.45) is 0 Å². The quantitative estimate of drug-likeness (QED) is 0.795. The third-order valence-electron chi connectivity index (χ3n) is 5.59. The molecule has 3 unspecified atom stereocenters. The zero-order chi connectivity index (χ0) is 21.5. The molecule has 0 aromatic heterocycles. The van der Waals surface area contributed by atoms with Crippen LogP contribution in [0.4, 0.5) is 25.0 Å². The highest BCUT2D eigenvalue weighted by Crippen LogP contribution is 2.38. The first-order chi connectivity index (χ1) is 14.3. The molecule has 0 saturated carbocycles. The number of amides is 2. The molecule has 1 aromatic rings. The van der Waals surface area contributed by atoms with E-state index < -0.39 is 30.0 Å². The Hall–Kier alpha value is -2.46. The van der Waals surface area contributed by atoms with E-state index in [1.54, 1.807) is 11.0 Å². The summed E-state index contributed by atoms with van der Waals surface area (Å²) in [5.74, 6) is -2.03. The second kappa shape index (κ2) is 7.99. The summed E-state index contributed by atoms with van der Waals surface area (Å²) in [7, 11) is 0. The van der Waals surface area contributed by atoms with Crippen molar-refractivity contribution in [2.75, 3.05) is 42.6 Å². The molecule has 164 valence electrons. The lowest BCUT2D eigenvalue weighted by atomic mass is 10.0. The van der Waals surface area contributed by atoms with Crippen molar-refractivity contribution in [3.8, 4) is 0 Å². The van der Waals surface area contributed by atoms with Gasteiger partial charge in [-0.15, -0.1) is 0 Å². The van der Waals surface area contributed by atoms with Crippen LogP contribution in [0.2, 0.25) is 0 Å². The number of nitrogens with one attached hydrogen (secondary N) is 1. The van der Waals surface area contributed by atoms with Crippen LogP contribution >= 0.6 is 0 Å². The second-order valence-electron chi connectivity index (χ2n) is 7.90. The summed E-state index contributed by atoms with van der Waals surface area (Å²) in [5, 5.41) is 2.59. The maximum atomic E-state index is 14.9. The molecule has 3 heterocycles. The monoisotopic (exact) mass is 425 g/mol. The lowest BCUT2D eigenvalue weighted by molar-refractivity contribution is -0.215. The van der Waals surface area contributed by atoms with E-state index in [-0.39, 0.29) is 37.3 Å². The lowest BCUT2D eigenvalue weighted by Crippen LogP contribution is -2.54. The minimum absolute atomic E-state index is 0.0481. The van der Waals surface area contributed by atoms with Gasteiger partial charge in [-0.25, -0.2) is 13.6 Å². The maximum absolute atomic E-state index is 14.9. The van der Waals surface area contributed by atoms with Gasteiger partial charge in [0.2, 0.25) is 11.7 Å². The molecule has 3 aliphatic rings. The molecule has 3 fully saturated rings. The molecule has 0 radical (unpaired) electrons. The van der Waals surface area contributed by atoms with E-state index in [4.69, 9.17) is 14.2 Å². The molecular formula is C20H25F2N3O5. The van der Waals surface area contributed by atoms with Gasteiger partial charge in [0.05, 0.1) is 43.7 Å². The van der Waals surface area contributed by atoms with Crippen LogP contribution in [0.1, 0.15) is 20.3 Å². The van der Waals surface area contributed by atoms with E-state index in [1.807, 2.05) is 6.92 Å². The van der Waals surface area contributed by atoms with Crippen LogP contribution in [-0.2, 0) is 19.0 Å². The average molecular weight is 425 g/mol. The van der Waals surface area contributed by atoms with Crippen molar-refractivity contribution in [2.45, 2.75) is 44.4 Å². The zero-order valence-corrected chi connectivity index (χ0v) is 16.9. The van der Waals surface area contributed by atoms with Crippen LogP contribution in [0, 0.1) is 5.82 Å². The van der Waals surface area contributed by atoms with Gasteiger partial charge in [0.15, 0.2) is 6.17 Å². The van der Waals surface area contributed by atoms with Gasteiger partial charge in [-0.05, 0) is 25.1 Å². The lowest BCUT2D eigenvalue weighted by Gasteiger charge is -2.41. The summed E-state index contributed by atoms with van der Waals surface area (Å²) in [6.45, 7) is 4.27. The number of hydrogen-bond acceptors (Lipinski definition) is 6. The Bertz CT molecular complexity index is 841. The van der Waals surface area contributed by atoms with Gasteiger partial charge in [-0.2, -0.15) is 0 Å². The standard InChI is InChI=1S/C20H25F2N3O5/c1-12-11-28-20(30-12)5-6-24(10-18(20)22)17-4-3-14(7-16(17)21)25-9-15(29-19(25)27)8-23-13(2)26/h3-4,7,12,15,18H,5-6,8-11H2,1-2H3,(H,23,26)/t12?,15-,18?,20?/m0/s1. The highest BCUT2D eigenvalue weighted by atomic mass is 19.1. The van der Waals surface area contributed by atoms with Crippen LogP contribution in [0.3, 0.4) is 0 Å². The number of nitrogens with zero attached hydrogens (tertiary/aromatic N) is 2. The number of cyclic esters (lactones) is 1. The smallest absolute Gasteiger partial charge is 0.414 e. The second-order valence-corrected chi connectivity index (χ2v) is 7.90. The summed E-state index contributed by atoms with van der Waals surface area (Å²) in [6, 6.07) is 4.37. The number of carbonyl (C=O) groups is 2. The number of carbonyl (C=O) groups excluding carboxylic acids is 2. The first kappa shape index (κ1) is 20.8. The van der Waals surface area contributed by atoms with Crippen molar-refractivity contribution < 1.29 is 32.6 Å². The van der Waals surface area contributed by atoms with Crippen molar-refractivity contribution >= 4 is 23.4 Å². The van der Waals surface area contributed by atoms with Crippen molar-refractivity contribution in [1.82, 2.24) is 5.32 Å². The third-order valence-corrected chi connectivity index (χ3v) is 5.59. The number of alkyl halides is 1. The van der Waals surface area contributed by atoms with Crippen LogP contribution in [0.5, 0.6) is 0 Å². The van der Waals surface area contributed by atoms with Gasteiger partial charge >= 0.3 is 6.09 Å². The molecule has 8 nitrogen and oxygen atoms in total. The van der Waals surface area contributed by atoms with Gasteiger partial charge < -0.3 is 24.4 Å². The SMILES string of the molecule is CC(=O)NC[C@H]1CN(c2ccc(N3CCC4(OCC(C)O4)C(F)C3)c(F)c2)C(=O)O1. The number of anilines is 2. The molecule has 4 atom stereocenters. The van der Waals surface area contributed by atoms with Crippen LogP contribution in [-0.4, -0.2) is 69.0 Å². The average Bonchev–Trinajstić information content (AvgIpc) is 3.26. The van der Waals surface area contributed by atoms with Crippen LogP contribution < -0.4 is 15.1 Å². The van der Waals surface area contributed by atoms with E-state index in [2.05, 4.69) is 5.32 Å². The Morgan fingerprint density at radius 2 is 2.17 bits per heavy atom. The molecule has 3 saturated heterocycles. The topological polar surface area (TPSA) is 80.3 Å². The van der Waals surface area contributed by atoms with E-state index in [9.17, 15) is 18.4 Å². The molecule has 4 rings (SSSR count). The normalized spacial score (nSPS) is 31.3. The Labute approximate surface area is 173 Å². The predicted octanol–water partition coefficient (Wildman–Crippen LogP) is 1.97. The van der Waals surface area contributed by atoms with Gasteiger partial charge in [0, 0.05) is 19.9 Å². The van der Waals surface area contributed by atoms with E-state index in [1.165, 1.54) is 24.0 Å². The first-order valence-electron chi connectivity index (χ1n) is 10.0. The Morgan fingerprint density at radius 3 is 2.80 bits per heavy atom. The Morgan fingerprint density at radius 1 is 1.37 bits per heavy atom. The molecule has 2 amide bonds. The highest BCUT2D eigenvalue weighted by Gasteiger charge is 2.51. The first-order valence-corrected chi connectivity index (χ1v) is 10.0. The number of rotatable bonds is 4. The fourth-order valence-corrected chi connectivity index (χ4v) is 4.07. The largest absolute Gasteiger partial charge is 0.442 e. The van der Waals surface area contributed by atoms with Gasteiger partial charge in [0.1, 0.15) is 11.9 Å². The number of hydrogen-bond donors (Lipinski definition) is 1. The van der Waals surface area contributed by atoms with Crippen LogP contribution in [0.15, 0.2) is 18.2 Å². The van der Waals surface area contributed by atoms with Crippen molar-refractivity contribution in [3.05, 3.63) is 24.0 Å². The molecular weight excluding hydrogens is 400 g/mol. The fraction of sp³-hybridized carbons (Fsp3) is 0.600. The minimum Gasteiger partial charge on any atom is -0.442 e. The highest BCUT2D eigenvalue weighted by molar-refractivity contribution is 5.90. The third kappa shape index (κ3) is 3.93. The molecule has 1 N–H and O–H groups in total. The number of piperidine rings is 1.